The summed E-state index contributed by atoms with van der Waals surface area (Å²) in [5, 5.41) is 2.77. The average Bonchev–Trinajstić information content (AvgIpc) is 2.46. The standard InChI is InChI=1S/C15H21N3O4S/c1-11-6-8-18(9-7-11)15(19)16-12-4-5-14(22-2)13(10-12)17-23(3,20)21/h4-6,10,17H,7-9H2,1-3H3,(H,16,19). The number of nitrogens with one attached hydrogen (secondary N) is 2. The van der Waals surface area contributed by atoms with Gasteiger partial charge in [-0.1, -0.05) is 11.6 Å². The third kappa shape index (κ3) is 4.88. The lowest BCUT2D eigenvalue weighted by molar-refractivity contribution is 0.215. The summed E-state index contributed by atoms with van der Waals surface area (Å²) in [6.45, 7) is 3.28. The molecule has 0 saturated heterocycles. The van der Waals surface area contributed by atoms with E-state index in [2.05, 4.69) is 10.0 Å². The molecule has 0 bridgehead atoms. The van der Waals surface area contributed by atoms with Crippen molar-refractivity contribution in [3.05, 3.63) is 29.8 Å². The van der Waals surface area contributed by atoms with Gasteiger partial charge in [-0.05, 0) is 31.5 Å². The Morgan fingerprint density at radius 2 is 2.09 bits per heavy atom. The van der Waals surface area contributed by atoms with Gasteiger partial charge in [-0.3, -0.25) is 4.72 Å². The van der Waals surface area contributed by atoms with Crippen LogP contribution >= 0.6 is 0 Å². The van der Waals surface area contributed by atoms with Gasteiger partial charge in [0.05, 0.1) is 19.1 Å². The summed E-state index contributed by atoms with van der Waals surface area (Å²) in [6, 6.07) is 4.57. The summed E-state index contributed by atoms with van der Waals surface area (Å²) < 4.78 is 30.3. The Hall–Kier alpha value is -2.22. The van der Waals surface area contributed by atoms with Crippen LogP contribution in [0.25, 0.3) is 0 Å². The highest BCUT2D eigenvalue weighted by Crippen LogP contribution is 2.28. The second-order valence-electron chi connectivity index (χ2n) is 5.47. The quantitative estimate of drug-likeness (QED) is 0.824. The molecule has 0 aliphatic carbocycles. The number of urea groups is 1. The molecule has 0 spiro atoms. The maximum Gasteiger partial charge on any atom is 0.322 e. The van der Waals surface area contributed by atoms with E-state index in [0.29, 0.717) is 24.5 Å². The fourth-order valence-corrected chi connectivity index (χ4v) is 2.78. The van der Waals surface area contributed by atoms with Crippen molar-refractivity contribution in [1.82, 2.24) is 4.90 Å². The topological polar surface area (TPSA) is 87.7 Å². The Labute approximate surface area is 136 Å². The molecule has 0 fully saturated rings. The van der Waals surface area contributed by atoms with Crippen LogP contribution in [0.4, 0.5) is 16.2 Å². The van der Waals surface area contributed by atoms with Gasteiger partial charge in [0.25, 0.3) is 0 Å². The number of rotatable bonds is 4. The van der Waals surface area contributed by atoms with Crippen LogP contribution in [0, 0.1) is 0 Å². The molecule has 1 aromatic carbocycles. The number of nitrogens with zero attached hydrogens (tertiary/aromatic N) is 1. The normalized spacial score (nSPS) is 14.9. The van der Waals surface area contributed by atoms with Crippen LogP contribution in [0.3, 0.4) is 0 Å². The maximum absolute atomic E-state index is 12.2. The van der Waals surface area contributed by atoms with Crippen molar-refractivity contribution in [1.29, 1.82) is 0 Å². The number of hydrogen-bond acceptors (Lipinski definition) is 4. The second kappa shape index (κ2) is 6.91. The summed E-state index contributed by atoms with van der Waals surface area (Å²) in [5.74, 6) is 0.380. The molecule has 1 aliphatic rings. The zero-order chi connectivity index (χ0) is 17.0. The summed E-state index contributed by atoms with van der Waals surface area (Å²) in [4.78, 5) is 13.9. The Morgan fingerprint density at radius 3 is 2.65 bits per heavy atom. The molecule has 23 heavy (non-hydrogen) atoms. The first kappa shape index (κ1) is 17.1. The van der Waals surface area contributed by atoms with Crippen LogP contribution in [0.1, 0.15) is 13.3 Å². The molecule has 2 amide bonds. The number of carbonyl (C=O) groups is 1. The maximum atomic E-state index is 12.2. The number of carbonyl (C=O) groups excluding carboxylic acids is 1. The van der Waals surface area contributed by atoms with Crippen LogP contribution in [0.5, 0.6) is 5.75 Å². The van der Waals surface area contributed by atoms with Crippen molar-refractivity contribution in [3.8, 4) is 5.75 Å². The lowest BCUT2D eigenvalue weighted by atomic mass is 10.1. The van der Waals surface area contributed by atoms with E-state index >= 15 is 0 Å². The van der Waals surface area contributed by atoms with Gasteiger partial charge in [0.1, 0.15) is 5.75 Å². The van der Waals surface area contributed by atoms with E-state index in [1.807, 2.05) is 13.0 Å². The van der Waals surface area contributed by atoms with Gasteiger partial charge in [0, 0.05) is 18.8 Å². The second-order valence-corrected chi connectivity index (χ2v) is 7.21. The fraction of sp³-hybridized carbons (Fsp3) is 0.400. The Kier molecular flexibility index (Phi) is 5.15. The molecule has 2 rings (SSSR count). The minimum atomic E-state index is -3.44. The number of benzene rings is 1. The predicted molar refractivity (Wildman–Crippen MR) is 90.4 cm³/mol. The van der Waals surface area contributed by atoms with Crippen molar-refractivity contribution in [2.45, 2.75) is 13.3 Å². The van der Waals surface area contributed by atoms with Gasteiger partial charge >= 0.3 is 6.03 Å². The first-order valence-electron chi connectivity index (χ1n) is 7.16. The fourth-order valence-electron chi connectivity index (χ4n) is 2.22. The number of sulfonamides is 1. The third-order valence-corrected chi connectivity index (χ3v) is 4.06. The lowest BCUT2D eigenvalue weighted by Gasteiger charge is -2.25. The first-order chi connectivity index (χ1) is 10.8. The molecule has 0 atom stereocenters. The van der Waals surface area contributed by atoms with E-state index in [1.54, 1.807) is 17.0 Å². The predicted octanol–water partition coefficient (Wildman–Crippen LogP) is 2.25. The Morgan fingerprint density at radius 1 is 1.35 bits per heavy atom. The molecule has 0 unspecified atom stereocenters. The molecule has 1 aromatic rings. The Balaban J connectivity index is 2.14. The molecule has 0 saturated carbocycles. The zero-order valence-electron chi connectivity index (χ0n) is 13.4. The zero-order valence-corrected chi connectivity index (χ0v) is 14.2. The summed E-state index contributed by atoms with van der Waals surface area (Å²) >= 11 is 0. The molecule has 0 aromatic heterocycles. The molecule has 8 heteroatoms. The molecule has 7 nitrogen and oxygen atoms in total. The molecular formula is C15H21N3O4S. The smallest absolute Gasteiger partial charge is 0.322 e. The number of amides is 2. The van der Waals surface area contributed by atoms with E-state index in [9.17, 15) is 13.2 Å². The van der Waals surface area contributed by atoms with Gasteiger partial charge in [0.15, 0.2) is 0 Å². The number of hydrogen-bond donors (Lipinski definition) is 2. The van der Waals surface area contributed by atoms with E-state index in [0.717, 1.165) is 12.7 Å². The monoisotopic (exact) mass is 339 g/mol. The van der Waals surface area contributed by atoms with Crippen molar-refractivity contribution < 1.29 is 17.9 Å². The first-order valence-corrected chi connectivity index (χ1v) is 9.05. The van der Waals surface area contributed by atoms with Crippen LogP contribution in [-0.2, 0) is 10.0 Å². The van der Waals surface area contributed by atoms with Crippen molar-refractivity contribution in [2.24, 2.45) is 0 Å². The van der Waals surface area contributed by atoms with Crippen molar-refractivity contribution >= 4 is 27.4 Å². The largest absolute Gasteiger partial charge is 0.495 e. The summed E-state index contributed by atoms with van der Waals surface area (Å²) in [5.41, 5.74) is 2.05. The molecule has 2 N–H and O–H groups in total. The molecular weight excluding hydrogens is 318 g/mol. The van der Waals surface area contributed by atoms with Gasteiger partial charge in [-0.15, -0.1) is 0 Å². The van der Waals surface area contributed by atoms with Crippen molar-refractivity contribution in [3.63, 3.8) is 0 Å². The van der Waals surface area contributed by atoms with Gasteiger partial charge < -0.3 is 15.0 Å². The highest BCUT2D eigenvalue weighted by atomic mass is 32.2. The average molecular weight is 339 g/mol. The van der Waals surface area contributed by atoms with Crippen LogP contribution in [0.15, 0.2) is 29.8 Å². The minimum absolute atomic E-state index is 0.218. The van der Waals surface area contributed by atoms with E-state index in [1.165, 1.54) is 18.7 Å². The van der Waals surface area contributed by atoms with Gasteiger partial charge in [-0.25, -0.2) is 13.2 Å². The van der Waals surface area contributed by atoms with Crippen LogP contribution in [0.2, 0.25) is 0 Å². The van der Waals surface area contributed by atoms with Crippen LogP contribution < -0.4 is 14.8 Å². The molecule has 126 valence electrons. The highest BCUT2D eigenvalue weighted by molar-refractivity contribution is 7.92. The van der Waals surface area contributed by atoms with Gasteiger partial charge in [-0.2, -0.15) is 0 Å². The third-order valence-electron chi connectivity index (χ3n) is 3.47. The number of ether oxygens (including phenoxy) is 1. The SMILES string of the molecule is COc1ccc(NC(=O)N2CC=C(C)CC2)cc1NS(C)(=O)=O. The minimum Gasteiger partial charge on any atom is -0.495 e. The molecule has 1 heterocycles. The molecule has 0 radical (unpaired) electrons. The number of methoxy groups -OCH3 is 1. The molecule has 1 aliphatic heterocycles. The van der Waals surface area contributed by atoms with Crippen molar-refractivity contribution in [2.75, 3.05) is 36.5 Å². The van der Waals surface area contributed by atoms with E-state index in [4.69, 9.17) is 4.74 Å². The lowest BCUT2D eigenvalue weighted by Crippen LogP contribution is -2.37. The highest BCUT2D eigenvalue weighted by Gasteiger charge is 2.17. The summed E-state index contributed by atoms with van der Waals surface area (Å²) in [6.07, 6.45) is 3.94. The van der Waals surface area contributed by atoms with E-state index < -0.39 is 10.0 Å². The number of anilines is 2. The van der Waals surface area contributed by atoms with Gasteiger partial charge in [0.2, 0.25) is 10.0 Å². The summed E-state index contributed by atoms with van der Waals surface area (Å²) in [7, 11) is -1.99. The Bertz CT molecular complexity index is 728. The van der Waals surface area contributed by atoms with Crippen LogP contribution in [-0.4, -0.2) is 45.8 Å². The van der Waals surface area contributed by atoms with E-state index in [-0.39, 0.29) is 11.7 Å².